The van der Waals surface area contributed by atoms with Crippen LogP contribution in [0.4, 0.5) is 0 Å². The van der Waals surface area contributed by atoms with E-state index in [4.69, 9.17) is 13.9 Å². The zero-order chi connectivity index (χ0) is 25.6. The molecule has 0 bridgehead atoms. The smallest absolute Gasteiger partial charge is 0.344 e. The molecule has 0 aliphatic carbocycles. The molecule has 194 valence electrons. The lowest BCUT2D eigenvalue weighted by atomic mass is 10.1. The fourth-order valence-corrected chi connectivity index (χ4v) is 4.10. The quantitative estimate of drug-likeness (QED) is 0.195. The minimum atomic E-state index is -0.920. The van der Waals surface area contributed by atoms with Gasteiger partial charge in [0.1, 0.15) is 17.3 Å². The fourth-order valence-electron chi connectivity index (χ4n) is 4.10. The van der Waals surface area contributed by atoms with Crippen LogP contribution in [-0.2, 0) is 11.2 Å². The third-order valence-electron chi connectivity index (χ3n) is 6.22. The van der Waals surface area contributed by atoms with Crippen molar-refractivity contribution in [3.63, 3.8) is 0 Å². The van der Waals surface area contributed by atoms with Crippen LogP contribution in [0.3, 0.4) is 0 Å². The van der Waals surface area contributed by atoms with Gasteiger partial charge in [-0.25, -0.2) is 9.78 Å². The van der Waals surface area contributed by atoms with Crippen LogP contribution >= 0.6 is 0 Å². The molecule has 0 radical (unpaired) electrons. The molecule has 36 heavy (non-hydrogen) atoms. The summed E-state index contributed by atoms with van der Waals surface area (Å²) in [5.41, 5.74) is 1.82. The van der Waals surface area contributed by atoms with E-state index >= 15 is 0 Å². The topological polar surface area (TPSA) is 81.8 Å². The molecule has 0 fully saturated rings. The van der Waals surface area contributed by atoms with Crippen LogP contribution in [-0.4, -0.2) is 28.8 Å². The van der Waals surface area contributed by atoms with Crippen LogP contribution in [0.2, 0.25) is 0 Å². The van der Waals surface area contributed by atoms with Crippen molar-refractivity contribution in [1.82, 2.24) is 4.98 Å². The summed E-state index contributed by atoms with van der Waals surface area (Å²) in [5, 5.41) is 9.55. The van der Waals surface area contributed by atoms with E-state index in [2.05, 4.69) is 11.9 Å². The molecule has 1 heterocycles. The maximum absolute atomic E-state index is 11.6. The average Bonchev–Trinajstić information content (AvgIpc) is 3.26. The zero-order valence-electron chi connectivity index (χ0n) is 21.6. The van der Waals surface area contributed by atoms with Gasteiger partial charge >= 0.3 is 5.97 Å². The average molecular weight is 494 g/mol. The maximum Gasteiger partial charge on any atom is 0.344 e. The molecule has 0 aliphatic heterocycles. The number of aromatic nitrogens is 1. The summed E-state index contributed by atoms with van der Waals surface area (Å²) in [6, 6.07) is 16.9. The SMILES string of the molecule is CCCCCCCCCCC(Oc1ccc(OCCc2nc(-c3ccccc3)oc2C)cc1)C(=O)O. The van der Waals surface area contributed by atoms with Crippen molar-refractivity contribution in [2.24, 2.45) is 0 Å². The Bertz CT molecular complexity index is 1030. The Labute approximate surface area is 214 Å². The maximum atomic E-state index is 11.6. The lowest BCUT2D eigenvalue weighted by Gasteiger charge is -2.15. The molecule has 1 aromatic heterocycles. The molecule has 0 aliphatic rings. The summed E-state index contributed by atoms with van der Waals surface area (Å²) < 4.78 is 17.4. The first-order valence-electron chi connectivity index (χ1n) is 13.2. The number of benzene rings is 2. The van der Waals surface area contributed by atoms with Crippen molar-refractivity contribution in [3.8, 4) is 23.0 Å². The third-order valence-corrected chi connectivity index (χ3v) is 6.22. The van der Waals surface area contributed by atoms with Crippen LogP contribution in [0.5, 0.6) is 11.5 Å². The van der Waals surface area contributed by atoms with Crippen LogP contribution in [0.25, 0.3) is 11.5 Å². The number of hydrogen-bond acceptors (Lipinski definition) is 5. The van der Waals surface area contributed by atoms with Crippen molar-refractivity contribution in [1.29, 1.82) is 0 Å². The second-order valence-electron chi connectivity index (χ2n) is 9.17. The van der Waals surface area contributed by atoms with E-state index in [1.54, 1.807) is 24.3 Å². The highest BCUT2D eigenvalue weighted by Gasteiger charge is 2.19. The minimum Gasteiger partial charge on any atom is -0.493 e. The van der Waals surface area contributed by atoms with E-state index in [9.17, 15) is 9.90 Å². The second kappa shape index (κ2) is 15.0. The number of unbranched alkanes of at least 4 members (excludes halogenated alkanes) is 7. The van der Waals surface area contributed by atoms with Crippen LogP contribution < -0.4 is 9.47 Å². The Morgan fingerprint density at radius 3 is 2.22 bits per heavy atom. The Morgan fingerprint density at radius 1 is 0.917 bits per heavy atom. The summed E-state index contributed by atoms with van der Waals surface area (Å²) in [7, 11) is 0. The Kier molecular flexibility index (Phi) is 11.4. The van der Waals surface area contributed by atoms with Gasteiger partial charge in [-0.2, -0.15) is 0 Å². The molecular formula is C30H39NO5. The molecule has 2 aromatic carbocycles. The van der Waals surface area contributed by atoms with Gasteiger partial charge in [0.05, 0.1) is 12.3 Å². The van der Waals surface area contributed by atoms with Gasteiger partial charge in [-0.3, -0.25) is 0 Å². The standard InChI is InChI=1S/C30H39NO5/c1-3-4-5-6-7-8-9-13-16-28(30(32)33)36-26-19-17-25(18-20-26)34-22-21-27-23(2)35-29(31-27)24-14-11-10-12-15-24/h10-12,14-15,17-20,28H,3-9,13,16,21-22H2,1-2H3,(H,32,33). The second-order valence-corrected chi connectivity index (χ2v) is 9.17. The number of carboxylic acids is 1. The molecule has 1 atom stereocenters. The predicted molar refractivity (Wildman–Crippen MR) is 142 cm³/mol. The number of carbonyl (C=O) groups is 1. The van der Waals surface area contributed by atoms with E-state index in [1.165, 1.54) is 32.1 Å². The van der Waals surface area contributed by atoms with Crippen molar-refractivity contribution >= 4 is 5.97 Å². The monoisotopic (exact) mass is 493 g/mol. The third kappa shape index (κ3) is 9.06. The first-order chi connectivity index (χ1) is 17.6. The number of carboxylic acid groups (broad SMARTS) is 1. The summed E-state index contributed by atoms with van der Waals surface area (Å²) >= 11 is 0. The first-order valence-corrected chi connectivity index (χ1v) is 13.2. The van der Waals surface area contributed by atoms with E-state index in [0.717, 1.165) is 36.3 Å². The fraction of sp³-hybridized carbons (Fsp3) is 0.467. The van der Waals surface area contributed by atoms with Crippen LogP contribution in [0.1, 0.15) is 76.2 Å². The molecular weight excluding hydrogens is 454 g/mol. The van der Waals surface area contributed by atoms with Crippen LogP contribution in [0.15, 0.2) is 59.0 Å². The molecule has 6 heteroatoms. The Hall–Kier alpha value is -3.28. The summed E-state index contributed by atoms with van der Waals surface area (Å²) in [6.45, 7) is 4.58. The van der Waals surface area contributed by atoms with Crippen molar-refractivity contribution in [2.45, 2.75) is 84.2 Å². The summed E-state index contributed by atoms with van der Waals surface area (Å²) in [5.74, 6) is 1.72. The number of aryl methyl sites for hydroxylation is 1. The normalized spacial score (nSPS) is 11.8. The lowest BCUT2D eigenvalue weighted by molar-refractivity contribution is -0.145. The number of aliphatic carboxylic acids is 1. The molecule has 0 saturated heterocycles. The highest BCUT2D eigenvalue weighted by atomic mass is 16.5. The molecule has 0 saturated carbocycles. The molecule has 0 spiro atoms. The highest BCUT2D eigenvalue weighted by Crippen LogP contribution is 2.23. The first kappa shape index (κ1) is 27.3. The lowest BCUT2D eigenvalue weighted by Crippen LogP contribution is -2.26. The van der Waals surface area contributed by atoms with E-state index < -0.39 is 12.1 Å². The van der Waals surface area contributed by atoms with E-state index in [1.807, 2.05) is 37.3 Å². The molecule has 3 rings (SSSR count). The van der Waals surface area contributed by atoms with Gasteiger partial charge in [-0.1, -0.05) is 70.1 Å². The number of oxazole rings is 1. The summed E-state index contributed by atoms with van der Waals surface area (Å²) in [6.07, 6.45) is 9.73. The molecule has 1 N–H and O–H groups in total. The number of nitrogens with zero attached hydrogens (tertiary/aromatic N) is 1. The Balaban J connectivity index is 1.40. The molecule has 0 amide bonds. The minimum absolute atomic E-state index is 0.456. The van der Waals surface area contributed by atoms with E-state index in [-0.39, 0.29) is 0 Å². The number of ether oxygens (including phenoxy) is 2. The zero-order valence-corrected chi connectivity index (χ0v) is 21.6. The largest absolute Gasteiger partial charge is 0.493 e. The van der Waals surface area contributed by atoms with Gasteiger partial charge < -0.3 is 19.0 Å². The van der Waals surface area contributed by atoms with E-state index in [0.29, 0.717) is 36.8 Å². The number of rotatable bonds is 17. The molecule has 6 nitrogen and oxygen atoms in total. The summed E-state index contributed by atoms with van der Waals surface area (Å²) in [4.78, 5) is 16.2. The highest BCUT2D eigenvalue weighted by molar-refractivity contribution is 5.72. The van der Waals surface area contributed by atoms with Gasteiger partial charge in [-0.05, 0) is 56.2 Å². The van der Waals surface area contributed by atoms with Gasteiger partial charge in [0.2, 0.25) is 5.89 Å². The van der Waals surface area contributed by atoms with Gasteiger partial charge in [0, 0.05) is 12.0 Å². The van der Waals surface area contributed by atoms with Crippen molar-refractivity contribution in [3.05, 3.63) is 66.1 Å². The van der Waals surface area contributed by atoms with Gasteiger partial charge in [0.15, 0.2) is 6.10 Å². The van der Waals surface area contributed by atoms with Gasteiger partial charge in [-0.15, -0.1) is 0 Å². The Morgan fingerprint density at radius 2 is 1.56 bits per heavy atom. The van der Waals surface area contributed by atoms with Crippen molar-refractivity contribution in [2.75, 3.05) is 6.61 Å². The van der Waals surface area contributed by atoms with Crippen LogP contribution in [0, 0.1) is 6.92 Å². The number of hydrogen-bond donors (Lipinski definition) is 1. The molecule has 3 aromatic rings. The van der Waals surface area contributed by atoms with Gasteiger partial charge in [0.25, 0.3) is 0 Å². The predicted octanol–water partition coefficient (Wildman–Crippen LogP) is 7.63. The molecule has 1 unspecified atom stereocenters. The van der Waals surface area contributed by atoms with Crippen molar-refractivity contribution < 1.29 is 23.8 Å².